The number of anilines is 1. The average molecular weight is 479 g/mol. The van der Waals surface area contributed by atoms with Crippen LogP contribution in [0.15, 0.2) is 42.5 Å². The first kappa shape index (κ1) is 24.2. The first-order valence-electron chi connectivity index (χ1n) is 11.1. The number of imidazole rings is 1. The van der Waals surface area contributed by atoms with Crippen LogP contribution >= 0.6 is 0 Å². The van der Waals surface area contributed by atoms with Gasteiger partial charge in [-0.05, 0) is 62.9 Å². The molecule has 34 heavy (non-hydrogen) atoms. The maximum absolute atomic E-state index is 13.8. The smallest absolute Gasteiger partial charge is 0.368 e. The van der Waals surface area contributed by atoms with Gasteiger partial charge in [-0.3, -0.25) is 10.1 Å². The maximum Gasteiger partial charge on any atom is 0.416 e. The van der Waals surface area contributed by atoms with Crippen LogP contribution in [0.4, 0.5) is 23.5 Å². The van der Waals surface area contributed by atoms with Crippen LogP contribution in [0.1, 0.15) is 54.6 Å². The van der Waals surface area contributed by atoms with Crippen molar-refractivity contribution in [2.24, 2.45) is 5.92 Å². The van der Waals surface area contributed by atoms with E-state index in [4.69, 9.17) is 4.74 Å². The SMILES string of the molecule is CCOC(O)C1CCC(n2c(NC(=O)c3cccc(C(F)(F)F)c3)nc3cc(F)ccc32)CC1. The van der Waals surface area contributed by atoms with Crippen molar-refractivity contribution in [3.63, 3.8) is 0 Å². The van der Waals surface area contributed by atoms with Gasteiger partial charge >= 0.3 is 6.18 Å². The van der Waals surface area contributed by atoms with E-state index in [-0.39, 0.29) is 23.5 Å². The molecule has 0 saturated heterocycles. The molecular weight excluding hydrogens is 454 g/mol. The second-order valence-electron chi connectivity index (χ2n) is 8.39. The lowest BCUT2D eigenvalue weighted by Crippen LogP contribution is -2.29. The number of fused-ring (bicyclic) bond motifs is 1. The number of benzene rings is 2. The summed E-state index contributed by atoms with van der Waals surface area (Å²) in [5.41, 5.74) is -0.157. The number of halogens is 4. The third kappa shape index (κ3) is 5.07. The van der Waals surface area contributed by atoms with Gasteiger partial charge in [0, 0.05) is 30.2 Å². The number of aliphatic hydroxyl groups excluding tert-OH is 1. The minimum atomic E-state index is -4.58. The first-order chi connectivity index (χ1) is 16.2. The highest BCUT2D eigenvalue weighted by Crippen LogP contribution is 2.38. The standard InChI is InChI=1S/C24H25F4N3O3/c1-2-34-22(33)14-6-9-18(10-7-14)31-20-11-8-17(25)13-19(20)29-23(31)30-21(32)15-4-3-5-16(12-15)24(26,27)28/h3-5,8,11-14,18,22,33H,2,6-7,9-10H2,1H3,(H,29,30,32). The van der Waals surface area contributed by atoms with E-state index in [9.17, 15) is 27.5 Å². The van der Waals surface area contributed by atoms with Crippen molar-refractivity contribution in [3.05, 3.63) is 59.4 Å². The van der Waals surface area contributed by atoms with Crippen LogP contribution in [0.3, 0.4) is 0 Å². The Morgan fingerprint density at radius 2 is 1.94 bits per heavy atom. The number of nitrogens with one attached hydrogen (secondary N) is 1. The van der Waals surface area contributed by atoms with Crippen molar-refractivity contribution in [2.75, 3.05) is 11.9 Å². The van der Waals surface area contributed by atoms with Crippen molar-refractivity contribution in [1.29, 1.82) is 0 Å². The molecule has 1 aliphatic rings. The van der Waals surface area contributed by atoms with E-state index < -0.39 is 29.8 Å². The predicted molar refractivity (Wildman–Crippen MR) is 118 cm³/mol. The van der Waals surface area contributed by atoms with E-state index in [1.54, 1.807) is 10.6 Å². The largest absolute Gasteiger partial charge is 0.416 e. The molecule has 2 aromatic carbocycles. The molecular formula is C24H25F4N3O3. The molecule has 2 N–H and O–H groups in total. The Balaban J connectivity index is 1.62. The van der Waals surface area contributed by atoms with Gasteiger partial charge < -0.3 is 14.4 Å². The third-order valence-corrected chi connectivity index (χ3v) is 6.18. The number of aromatic nitrogens is 2. The Bertz CT molecular complexity index is 1170. The van der Waals surface area contributed by atoms with Gasteiger partial charge in [-0.1, -0.05) is 6.07 Å². The highest BCUT2D eigenvalue weighted by molar-refractivity contribution is 6.04. The van der Waals surface area contributed by atoms with Crippen molar-refractivity contribution in [3.8, 4) is 0 Å². The van der Waals surface area contributed by atoms with Gasteiger partial charge in [0.1, 0.15) is 5.82 Å². The van der Waals surface area contributed by atoms with Crippen molar-refractivity contribution in [2.45, 2.75) is 51.1 Å². The van der Waals surface area contributed by atoms with E-state index in [1.165, 1.54) is 24.3 Å². The fourth-order valence-electron chi connectivity index (χ4n) is 4.49. The molecule has 6 nitrogen and oxygen atoms in total. The summed E-state index contributed by atoms with van der Waals surface area (Å²) in [4.78, 5) is 17.2. The molecule has 10 heteroatoms. The molecule has 3 aromatic rings. The Labute approximate surface area is 193 Å². The van der Waals surface area contributed by atoms with E-state index >= 15 is 0 Å². The molecule has 1 saturated carbocycles. The lowest BCUT2D eigenvalue weighted by atomic mass is 9.85. The number of alkyl halides is 3. The maximum atomic E-state index is 13.8. The molecule has 1 heterocycles. The summed E-state index contributed by atoms with van der Waals surface area (Å²) in [7, 11) is 0. The predicted octanol–water partition coefficient (Wildman–Crippen LogP) is 5.53. The molecule has 0 radical (unpaired) electrons. The van der Waals surface area contributed by atoms with Crippen LogP contribution < -0.4 is 5.32 Å². The average Bonchev–Trinajstić information content (AvgIpc) is 3.15. The van der Waals surface area contributed by atoms with Gasteiger partial charge in [0.25, 0.3) is 5.91 Å². The molecule has 182 valence electrons. The summed E-state index contributed by atoms with van der Waals surface area (Å²) < 4.78 is 60.1. The Kier molecular flexibility index (Phi) is 6.90. The molecule has 1 unspecified atom stereocenters. The molecule has 0 spiro atoms. The fraction of sp³-hybridized carbons (Fsp3) is 0.417. The lowest BCUT2D eigenvalue weighted by molar-refractivity contribution is -0.139. The quantitative estimate of drug-likeness (QED) is 0.360. The summed E-state index contributed by atoms with van der Waals surface area (Å²) in [6.45, 7) is 2.22. The van der Waals surface area contributed by atoms with E-state index in [0.29, 0.717) is 43.3 Å². The van der Waals surface area contributed by atoms with E-state index in [1.807, 2.05) is 6.92 Å². The van der Waals surface area contributed by atoms with Gasteiger partial charge in [0.05, 0.1) is 16.6 Å². The van der Waals surface area contributed by atoms with E-state index in [2.05, 4.69) is 10.3 Å². The molecule has 1 aromatic heterocycles. The van der Waals surface area contributed by atoms with Crippen LogP contribution in [0.2, 0.25) is 0 Å². The van der Waals surface area contributed by atoms with Gasteiger partial charge in [0.15, 0.2) is 6.29 Å². The van der Waals surface area contributed by atoms with Crippen LogP contribution in [0.25, 0.3) is 11.0 Å². The van der Waals surface area contributed by atoms with Crippen molar-refractivity contribution >= 4 is 22.9 Å². The molecule has 1 amide bonds. The topological polar surface area (TPSA) is 76.4 Å². The van der Waals surface area contributed by atoms with Crippen LogP contribution in [-0.4, -0.2) is 33.5 Å². The number of nitrogens with zero attached hydrogens (tertiary/aromatic N) is 2. The molecule has 0 bridgehead atoms. The minimum Gasteiger partial charge on any atom is -0.368 e. The highest BCUT2D eigenvalue weighted by atomic mass is 19.4. The number of rotatable bonds is 6. The Hall–Kier alpha value is -2.98. The second kappa shape index (κ2) is 9.71. The van der Waals surface area contributed by atoms with Gasteiger partial charge in [-0.15, -0.1) is 0 Å². The zero-order valence-corrected chi connectivity index (χ0v) is 18.5. The number of hydrogen-bond donors (Lipinski definition) is 2. The van der Waals surface area contributed by atoms with Gasteiger partial charge in [-0.25, -0.2) is 9.37 Å². The molecule has 1 aliphatic carbocycles. The van der Waals surface area contributed by atoms with Crippen LogP contribution in [-0.2, 0) is 10.9 Å². The number of hydrogen-bond acceptors (Lipinski definition) is 4. The summed E-state index contributed by atoms with van der Waals surface area (Å²) >= 11 is 0. The van der Waals surface area contributed by atoms with Crippen LogP contribution in [0, 0.1) is 11.7 Å². The zero-order valence-electron chi connectivity index (χ0n) is 18.5. The number of carbonyl (C=O) groups excluding carboxylic acids is 1. The number of carbonyl (C=O) groups is 1. The summed E-state index contributed by atoms with van der Waals surface area (Å²) in [5.74, 6) is -1.12. The minimum absolute atomic E-state index is 0.0217. The molecule has 1 fully saturated rings. The number of aliphatic hydroxyl groups is 1. The fourth-order valence-corrected chi connectivity index (χ4v) is 4.49. The number of ether oxygens (including phenoxy) is 1. The number of amides is 1. The molecule has 1 atom stereocenters. The molecule has 0 aliphatic heterocycles. The summed E-state index contributed by atoms with van der Waals surface area (Å²) in [6, 6.07) is 8.14. The molecule has 4 rings (SSSR count). The summed E-state index contributed by atoms with van der Waals surface area (Å²) in [5, 5.41) is 12.8. The highest BCUT2D eigenvalue weighted by Gasteiger charge is 2.32. The monoisotopic (exact) mass is 479 g/mol. The Morgan fingerprint density at radius 3 is 2.62 bits per heavy atom. The van der Waals surface area contributed by atoms with Gasteiger partial charge in [0.2, 0.25) is 5.95 Å². The lowest BCUT2D eigenvalue weighted by Gasteiger charge is -2.32. The zero-order chi connectivity index (χ0) is 24.5. The van der Waals surface area contributed by atoms with E-state index in [0.717, 1.165) is 12.1 Å². The third-order valence-electron chi connectivity index (χ3n) is 6.18. The van der Waals surface area contributed by atoms with Crippen LogP contribution in [0.5, 0.6) is 0 Å². The van der Waals surface area contributed by atoms with Gasteiger partial charge in [-0.2, -0.15) is 13.2 Å². The van der Waals surface area contributed by atoms with Crippen molar-refractivity contribution < 1.29 is 32.2 Å². The normalized spacial score (nSPS) is 19.8. The summed E-state index contributed by atoms with van der Waals surface area (Å²) in [6.07, 6.45) is -2.76. The van der Waals surface area contributed by atoms with Crippen molar-refractivity contribution in [1.82, 2.24) is 9.55 Å². The second-order valence-corrected chi connectivity index (χ2v) is 8.39. The Morgan fingerprint density at radius 1 is 1.21 bits per heavy atom. The first-order valence-corrected chi connectivity index (χ1v) is 11.1.